The van der Waals surface area contributed by atoms with Crippen molar-refractivity contribution in [2.24, 2.45) is 0 Å². The summed E-state index contributed by atoms with van der Waals surface area (Å²) in [5, 5.41) is 0.730. The molecule has 0 aliphatic carbocycles. The first-order valence-electron chi connectivity index (χ1n) is 5.49. The summed E-state index contributed by atoms with van der Waals surface area (Å²) in [6.45, 7) is 2.15. The molecule has 0 radical (unpaired) electrons. The van der Waals surface area contributed by atoms with E-state index in [2.05, 4.69) is 12.8 Å². The van der Waals surface area contributed by atoms with Crippen LogP contribution in [0.4, 0.5) is 0 Å². The molecule has 2 heteroatoms. The van der Waals surface area contributed by atoms with Crippen LogP contribution < -0.4 is 4.74 Å². The Hall–Kier alpha value is -1.13. The van der Waals surface area contributed by atoms with Crippen LogP contribution in [0.15, 0.2) is 18.2 Å². The van der Waals surface area contributed by atoms with Gasteiger partial charge in [-0.25, -0.2) is 0 Å². The first kappa shape index (κ1) is 12.9. The molecule has 0 spiro atoms. The standard InChI is InChI=1S/C14H17ClO/c1-4-6-11(7-5-2)13-10-12(15)8-9-14(13)16-3/h1,8-11H,5-7H2,2-3H3. The number of ether oxygens (including phenoxy) is 1. The van der Waals surface area contributed by atoms with E-state index in [0.29, 0.717) is 5.92 Å². The van der Waals surface area contributed by atoms with E-state index in [1.54, 1.807) is 7.11 Å². The van der Waals surface area contributed by atoms with E-state index >= 15 is 0 Å². The van der Waals surface area contributed by atoms with Crippen molar-refractivity contribution in [3.05, 3.63) is 28.8 Å². The highest BCUT2D eigenvalue weighted by Crippen LogP contribution is 2.34. The van der Waals surface area contributed by atoms with Gasteiger partial charge >= 0.3 is 0 Å². The van der Waals surface area contributed by atoms with Gasteiger partial charge < -0.3 is 4.74 Å². The molecule has 0 fully saturated rings. The van der Waals surface area contributed by atoms with Gasteiger partial charge in [0, 0.05) is 11.4 Å². The normalized spacial score (nSPS) is 11.9. The number of hydrogen-bond donors (Lipinski definition) is 0. The largest absolute Gasteiger partial charge is 0.496 e. The zero-order valence-electron chi connectivity index (χ0n) is 9.79. The molecule has 0 aromatic heterocycles. The quantitative estimate of drug-likeness (QED) is 0.695. The number of hydrogen-bond acceptors (Lipinski definition) is 1. The van der Waals surface area contributed by atoms with Crippen molar-refractivity contribution in [1.82, 2.24) is 0 Å². The molecule has 0 amide bonds. The Balaban J connectivity index is 3.06. The highest BCUT2D eigenvalue weighted by Gasteiger charge is 2.14. The van der Waals surface area contributed by atoms with Gasteiger partial charge in [0.1, 0.15) is 5.75 Å². The molecule has 1 rings (SSSR count). The summed E-state index contributed by atoms with van der Waals surface area (Å²) in [4.78, 5) is 0. The predicted octanol–water partition coefficient (Wildman–Crippen LogP) is 4.26. The van der Waals surface area contributed by atoms with Crippen molar-refractivity contribution in [3.8, 4) is 18.1 Å². The van der Waals surface area contributed by atoms with Crippen LogP contribution in [0.5, 0.6) is 5.75 Å². The van der Waals surface area contributed by atoms with E-state index in [4.69, 9.17) is 22.8 Å². The van der Waals surface area contributed by atoms with Crippen molar-refractivity contribution < 1.29 is 4.74 Å². The van der Waals surface area contributed by atoms with E-state index < -0.39 is 0 Å². The fourth-order valence-corrected chi connectivity index (χ4v) is 2.06. The van der Waals surface area contributed by atoms with Gasteiger partial charge in [0.05, 0.1) is 7.11 Å². The summed E-state index contributed by atoms with van der Waals surface area (Å²) < 4.78 is 5.35. The summed E-state index contributed by atoms with van der Waals surface area (Å²) >= 11 is 6.01. The van der Waals surface area contributed by atoms with Gasteiger partial charge in [-0.1, -0.05) is 24.9 Å². The zero-order chi connectivity index (χ0) is 12.0. The van der Waals surface area contributed by atoms with Gasteiger partial charge in [-0.05, 0) is 36.1 Å². The number of terminal acetylenes is 1. The maximum atomic E-state index is 6.01. The topological polar surface area (TPSA) is 9.23 Å². The summed E-state index contributed by atoms with van der Waals surface area (Å²) in [7, 11) is 1.67. The fourth-order valence-electron chi connectivity index (χ4n) is 1.88. The average Bonchev–Trinajstić information content (AvgIpc) is 2.29. The summed E-state index contributed by atoms with van der Waals surface area (Å²) in [5.41, 5.74) is 1.12. The van der Waals surface area contributed by atoms with E-state index in [1.165, 1.54) is 0 Å². The second-order valence-corrected chi connectivity index (χ2v) is 4.22. The maximum absolute atomic E-state index is 6.01. The van der Waals surface area contributed by atoms with Crippen LogP contribution in [0.1, 0.15) is 37.7 Å². The van der Waals surface area contributed by atoms with Crippen molar-refractivity contribution in [3.63, 3.8) is 0 Å². The Morgan fingerprint density at radius 3 is 2.81 bits per heavy atom. The summed E-state index contributed by atoms with van der Waals surface area (Å²) in [6, 6.07) is 5.69. The lowest BCUT2D eigenvalue weighted by Crippen LogP contribution is -2.01. The lowest BCUT2D eigenvalue weighted by molar-refractivity contribution is 0.403. The van der Waals surface area contributed by atoms with Gasteiger partial charge in [0.25, 0.3) is 0 Å². The Morgan fingerprint density at radius 1 is 1.50 bits per heavy atom. The molecule has 0 aliphatic heterocycles. The number of halogens is 1. The van der Waals surface area contributed by atoms with Crippen molar-refractivity contribution in [1.29, 1.82) is 0 Å². The highest BCUT2D eigenvalue weighted by atomic mass is 35.5. The Kier molecular flexibility index (Phi) is 5.22. The lowest BCUT2D eigenvalue weighted by Gasteiger charge is -2.17. The number of benzene rings is 1. The van der Waals surface area contributed by atoms with Crippen molar-refractivity contribution in [2.75, 3.05) is 7.11 Å². The second kappa shape index (κ2) is 6.45. The summed E-state index contributed by atoms with van der Waals surface area (Å²) in [6.07, 6.45) is 8.29. The fraction of sp³-hybridized carbons (Fsp3) is 0.429. The minimum absolute atomic E-state index is 0.337. The number of methoxy groups -OCH3 is 1. The minimum Gasteiger partial charge on any atom is -0.496 e. The Bertz CT molecular complexity index is 379. The molecule has 1 aromatic carbocycles. The monoisotopic (exact) mass is 236 g/mol. The third-order valence-corrected chi connectivity index (χ3v) is 2.87. The van der Waals surface area contributed by atoms with E-state index in [9.17, 15) is 0 Å². The van der Waals surface area contributed by atoms with Crippen LogP contribution in [0.2, 0.25) is 5.02 Å². The van der Waals surface area contributed by atoms with Crippen LogP contribution in [0.3, 0.4) is 0 Å². The average molecular weight is 237 g/mol. The van der Waals surface area contributed by atoms with Crippen LogP contribution in [0.25, 0.3) is 0 Å². The molecular weight excluding hydrogens is 220 g/mol. The maximum Gasteiger partial charge on any atom is 0.122 e. The molecule has 1 aromatic rings. The van der Waals surface area contributed by atoms with Crippen molar-refractivity contribution >= 4 is 11.6 Å². The third-order valence-electron chi connectivity index (χ3n) is 2.63. The Morgan fingerprint density at radius 2 is 2.25 bits per heavy atom. The lowest BCUT2D eigenvalue weighted by atomic mass is 9.91. The zero-order valence-corrected chi connectivity index (χ0v) is 10.6. The van der Waals surface area contributed by atoms with Crippen LogP contribution >= 0.6 is 11.6 Å². The third kappa shape index (κ3) is 3.18. The molecule has 0 saturated heterocycles. The first-order valence-corrected chi connectivity index (χ1v) is 5.87. The second-order valence-electron chi connectivity index (χ2n) is 3.78. The molecule has 0 heterocycles. The first-order chi connectivity index (χ1) is 7.72. The van der Waals surface area contributed by atoms with Gasteiger partial charge in [-0.3, -0.25) is 0 Å². The van der Waals surface area contributed by atoms with Crippen LogP contribution in [0, 0.1) is 12.3 Å². The molecule has 0 bridgehead atoms. The Labute approximate surface area is 103 Å². The van der Waals surface area contributed by atoms with E-state index in [0.717, 1.165) is 35.6 Å². The predicted molar refractivity (Wildman–Crippen MR) is 69.1 cm³/mol. The molecule has 1 nitrogen and oxygen atoms in total. The van der Waals surface area contributed by atoms with Crippen LogP contribution in [-0.2, 0) is 0 Å². The molecular formula is C14H17ClO. The van der Waals surface area contributed by atoms with Crippen molar-refractivity contribution in [2.45, 2.75) is 32.1 Å². The van der Waals surface area contributed by atoms with Gasteiger partial charge in [-0.15, -0.1) is 12.3 Å². The number of rotatable bonds is 5. The van der Waals surface area contributed by atoms with E-state index in [-0.39, 0.29) is 0 Å². The molecule has 16 heavy (non-hydrogen) atoms. The highest BCUT2D eigenvalue weighted by molar-refractivity contribution is 6.30. The van der Waals surface area contributed by atoms with Crippen LogP contribution in [-0.4, -0.2) is 7.11 Å². The minimum atomic E-state index is 0.337. The van der Waals surface area contributed by atoms with Gasteiger partial charge in [0.2, 0.25) is 0 Å². The molecule has 1 unspecified atom stereocenters. The SMILES string of the molecule is C#CCC(CCC)c1cc(Cl)ccc1OC. The molecule has 0 N–H and O–H groups in total. The molecule has 1 atom stereocenters. The molecule has 0 saturated carbocycles. The van der Waals surface area contributed by atoms with E-state index in [1.807, 2.05) is 18.2 Å². The van der Waals surface area contributed by atoms with Gasteiger partial charge in [-0.2, -0.15) is 0 Å². The smallest absolute Gasteiger partial charge is 0.122 e. The molecule has 86 valence electrons. The van der Waals surface area contributed by atoms with Gasteiger partial charge in [0.15, 0.2) is 0 Å². The summed E-state index contributed by atoms with van der Waals surface area (Å²) in [5.74, 6) is 3.93. The molecule has 0 aliphatic rings.